The van der Waals surface area contributed by atoms with Gasteiger partial charge in [-0.05, 0) is 125 Å². The van der Waals surface area contributed by atoms with Crippen LogP contribution in [-0.2, 0) is 38.1 Å². The molecule has 4 aliphatic carbocycles. The van der Waals surface area contributed by atoms with Crippen LogP contribution >= 0.6 is 0 Å². The second-order valence-electron chi connectivity index (χ2n) is 18.3. The molecule has 0 aromatic heterocycles. The van der Waals surface area contributed by atoms with Crippen LogP contribution in [0.25, 0.3) is 0 Å². The van der Waals surface area contributed by atoms with Gasteiger partial charge in [-0.2, -0.15) is 0 Å². The first-order valence-electron chi connectivity index (χ1n) is 22.6. The van der Waals surface area contributed by atoms with Crippen LogP contribution in [-0.4, -0.2) is 61.9 Å². The molecule has 10 nitrogen and oxygen atoms in total. The lowest BCUT2D eigenvalue weighted by atomic mass is 9.43. The predicted molar refractivity (Wildman–Crippen MR) is 214 cm³/mol. The van der Waals surface area contributed by atoms with Gasteiger partial charge in [0.2, 0.25) is 0 Å². The number of ether oxygens (including phenoxy) is 4. The molecule has 4 fully saturated rings. The molecule has 11 atom stereocenters. The molecule has 4 aliphatic rings. The maximum absolute atomic E-state index is 13.5. The molecular formula is C45H78N2O8. The maximum atomic E-state index is 13.5. The Morgan fingerprint density at radius 1 is 0.673 bits per heavy atom. The van der Waals surface area contributed by atoms with E-state index >= 15 is 0 Å². The van der Waals surface area contributed by atoms with Gasteiger partial charge >= 0.3 is 23.9 Å². The smallest absolute Gasteiger partial charge is 0.306 e. The molecule has 10 heteroatoms. The average Bonchev–Trinajstić information content (AvgIpc) is 3.52. The van der Waals surface area contributed by atoms with E-state index in [0.29, 0.717) is 64.6 Å². The van der Waals surface area contributed by atoms with E-state index in [9.17, 15) is 19.2 Å². The van der Waals surface area contributed by atoms with E-state index in [1.54, 1.807) is 0 Å². The lowest BCUT2D eigenvalue weighted by Crippen LogP contribution is -2.63. The molecule has 0 radical (unpaired) electrons. The first kappa shape index (κ1) is 45.5. The largest absolute Gasteiger partial charge is 0.466 e. The minimum absolute atomic E-state index is 0.0795. The summed E-state index contributed by atoms with van der Waals surface area (Å²) in [6.07, 6.45) is 17.1. The van der Waals surface area contributed by atoms with Crippen LogP contribution in [0.1, 0.15) is 176 Å². The van der Waals surface area contributed by atoms with Crippen LogP contribution in [0.5, 0.6) is 0 Å². The Hall–Kier alpha value is -2.20. The fourth-order valence-corrected chi connectivity index (χ4v) is 11.7. The number of fused-ring (bicyclic) bond motifs is 5. The van der Waals surface area contributed by atoms with Gasteiger partial charge in [-0.25, -0.2) is 0 Å². The Morgan fingerprint density at radius 3 is 2.00 bits per heavy atom. The van der Waals surface area contributed by atoms with Crippen molar-refractivity contribution in [2.45, 2.75) is 194 Å². The lowest BCUT2D eigenvalue weighted by Gasteiger charge is -2.64. The molecule has 0 saturated heterocycles. The summed E-state index contributed by atoms with van der Waals surface area (Å²) in [4.78, 5) is 52.5. The number of hydrogen-bond donors (Lipinski definition) is 2. The van der Waals surface area contributed by atoms with Crippen molar-refractivity contribution in [1.29, 1.82) is 0 Å². The first-order chi connectivity index (χ1) is 26.4. The highest BCUT2D eigenvalue weighted by molar-refractivity contribution is 5.70. The van der Waals surface area contributed by atoms with Crippen LogP contribution in [0.15, 0.2) is 0 Å². The molecule has 316 valence electrons. The van der Waals surface area contributed by atoms with Crippen molar-refractivity contribution in [1.82, 2.24) is 0 Å². The van der Waals surface area contributed by atoms with Gasteiger partial charge in [0.05, 0.1) is 6.61 Å². The van der Waals surface area contributed by atoms with Gasteiger partial charge in [-0.3, -0.25) is 19.2 Å². The van der Waals surface area contributed by atoms with Crippen molar-refractivity contribution in [3.8, 4) is 0 Å². The minimum atomic E-state index is -0.339. The SMILES string of the molecule is CCCCCCCCOC(=O)CC[C@@H](C)[C@H]1CC[C@H]2[C@@H]3[C@H](OC(=O)CCCC)C[C@@H]4C[C@H](OC(=O)CCCN)CC[C@]4(C)[C@H]3C[C@H](OC(=O)CCCN)[C@]12C. The highest BCUT2D eigenvalue weighted by atomic mass is 16.6. The summed E-state index contributed by atoms with van der Waals surface area (Å²) in [7, 11) is 0. The predicted octanol–water partition coefficient (Wildman–Crippen LogP) is 8.59. The zero-order valence-electron chi connectivity index (χ0n) is 35.3. The second-order valence-corrected chi connectivity index (χ2v) is 18.3. The van der Waals surface area contributed by atoms with E-state index in [1.807, 2.05) is 0 Å². The third-order valence-corrected chi connectivity index (χ3v) is 14.8. The molecular weight excluding hydrogens is 697 g/mol. The minimum Gasteiger partial charge on any atom is -0.466 e. The van der Waals surface area contributed by atoms with Gasteiger partial charge in [-0.15, -0.1) is 0 Å². The van der Waals surface area contributed by atoms with Crippen molar-refractivity contribution < 1.29 is 38.1 Å². The molecule has 0 aliphatic heterocycles. The third-order valence-electron chi connectivity index (χ3n) is 14.8. The first-order valence-corrected chi connectivity index (χ1v) is 22.6. The molecule has 0 amide bonds. The summed E-state index contributed by atoms with van der Waals surface area (Å²) in [6.45, 7) is 12.7. The molecule has 4 N–H and O–H groups in total. The normalized spacial score (nSPS) is 33.1. The summed E-state index contributed by atoms with van der Waals surface area (Å²) in [5.41, 5.74) is 11.0. The van der Waals surface area contributed by atoms with Crippen LogP contribution in [0.2, 0.25) is 0 Å². The van der Waals surface area contributed by atoms with E-state index in [4.69, 9.17) is 30.4 Å². The van der Waals surface area contributed by atoms with Crippen LogP contribution < -0.4 is 11.5 Å². The number of esters is 4. The summed E-state index contributed by atoms with van der Waals surface area (Å²) < 4.78 is 24.8. The molecule has 0 spiro atoms. The molecule has 4 saturated carbocycles. The molecule has 0 bridgehead atoms. The topological polar surface area (TPSA) is 157 Å². The summed E-state index contributed by atoms with van der Waals surface area (Å²) in [6, 6.07) is 0. The maximum Gasteiger partial charge on any atom is 0.306 e. The molecule has 0 heterocycles. The van der Waals surface area contributed by atoms with Gasteiger partial charge in [-0.1, -0.05) is 73.1 Å². The third kappa shape index (κ3) is 11.7. The molecule has 0 unspecified atom stereocenters. The summed E-state index contributed by atoms with van der Waals surface area (Å²) in [5, 5.41) is 0. The van der Waals surface area contributed by atoms with Gasteiger partial charge in [0.15, 0.2) is 0 Å². The lowest BCUT2D eigenvalue weighted by molar-refractivity contribution is -0.226. The number of unbranched alkanes of at least 4 members (excludes halogenated alkanes) is 6. The van der Waals surface area contributed by atoms with E-state index in [1.165, 1.54) is 25.7 Å². The molecule has 55 heavy (non-hydrogen) atoms. The fraction of sp³-hybridized carbons (Fsp3) is 0.911. The molecule has 0 aromatic rings. The van der Waals surface area contributed by atoms with E-state index in [2.05, 4.69) is 34.6 Å². The second kappa shape index (κ2) is 22.1. The Balaban J connectivity index is 1.57. The highest BCUT2D eigenvalue weighted by Crippen LogP contribution is 2.69. The Kier molecular flexibility index (Phi) is 18.3. The van der Waals surface area contributed by atoms with E-state index in [0.717, 1.165) is 70.6 Å². The standard InChI is InChI=1S/C45H78N2O8/c1-6-8-10-11-12-13-27-52-39(48)22-19-31(3)34-20-21-35-43-36(30-38(45(34,35)5)55-42(51)18-15-26-47)44(4)24-23-33(53-40(49)17-14-25-46)28-32(44)29-37(43)54-41(50)16-9-7-2/h31-38,43H,6-30,46-47H2,1-5H3/t31-,32+,33-,34-,35+,36+,37-,38+,43+,44+,45-/m1/s1. The fourth-order valence-electron chi connectivity index (χ4n) is 11.7. The quantitative estimate of drug-likeness (QED) is 0.0585. The van der Waals surface area contributed by atoms with Crippen molar-refractivity contribution in [3.63, 3.8) is 0 Å². The highest BCUT2D eigenvalue weighted by Gasteiger charge is 2.67. The van der Waals surface area contributed by atoms with Crippen molar-refractivity contribution in [2.24, 2.45) is 57.8 Å². The van der Waals surface area contributed by atoms with Crippen LogP contribution in [0.4, 0.5) is 0 Å². The molecule has 0 aromatic carbocycles. The Bertz CT molecular complexity index is 1230. The number of carbonyl (C=O) groups is 4. The Morgan fingerprint density at radius 2 is 1.31 bits per heavy atom. The number of nitrogens with two attached hydrogens (primary N) is 2. The number of carbonyl (C=O) groups excluding carboxylic acids is 4. The van der Waals surface area contributed by atoms with Gasteiger partial charge in [0.1, 0.15) is 18.3 Å². The molecule has 4 rings (SSSR count). The van der Waals surface area contributed by atoms with Gasteiger partial charge in [0, 0.05) is 37.0 Å². The van der Waals surface area contributed by atoms with Crippen LogP contribution in [0.3, 0.4) is 0 Å². The van der Waals surface area contributed by atoms with Crippen molar-refractivity contribution >= 4 is 23.9 Å². The number of hydrogen-bond acceptors (Lipinski definition) is 10. The van der Waals surface area contributed by atoms with E-state index < -0.39 is 0 Å². The summed E-state index contributed by atoms with van der Waals surface area (Å²) >= 11 is 0. The Labute approximate surface area is 333 Å². The zero-order chi connectivity index (χ0) is 40.0. The van der Waals surface area contributed by atoms with Crippen LogP contribution in [0, 0.1) is 46.3 Å². The van der Waals surface area contributed by atoms with Crippen molar-refractivity contribution in [3.05, 3.63) is 0 Å². The average molecular weight is 775 g/mol. The monoisotopic (exact) mass is 775 g/mol. The number of rotatable bonds is 23. The summed E-state index contributed by atoms with van der Waals surface area (Å²) in [5.74, 6) is 0.537. The van der Waals surface area contributed by atoms with Gasteiger partial charge in [0.25, 0.3) is 0 Å². The zero-order valence-corrected chi connectivity index (χ0v) is 35.3. The van der Waals surface area contributed by atoms with Crippen molar-refractivity contribution in [2.75, 3.05) is 19.7 Å². The van der Waals surface area contributed by atoms with E-state index in [-0.39, 0.29) is 88.5 Å². The van der Waals surface area contributed by atoms with Gasteiger partial charge < -0.3 is 30.4 Å².